The largest absolute Gasteiger partial charge is 0.497 e. The Morgan fingerprint density at radius 1 is 1.04 bits per heavy atom. The van der Waals surface area contributed by atoms with Crippen molar-refractivity contribution in [3.63, 3.8) is 0 Å². The maximum absolute atomic E-state index is 5.98. The van der Waals surface area contributed by atoms with Crippen molar-refractivity contribution >= 4 is 11.0 Å². The third-order valence-corrected chi connectivity index (χ3v) is 4.20. The van der Waals surface area contributed by atoms with Crippen molar-refractivity contribution in [2.24, 2.45) is 0 Å². The van der Waals surface area contributed by atoms with E-state index in [4.69, 9.17) is 13.9 Å². The van der Waals surface area contributed by atoms with Crippen LogP contribution in [0.25, 0.3) is 11.0 Å². The summed E-state index contributed by atoms with van der Waals surface area (Å²) in [6.07, 6.45) is 0.956. The van der Waals surface area contributed by atoms with E-state index in [0.717, 1.165) is 41.2 Å². The van der Waals surface area contributed by atoms with Gasteiger partial charge in [-0.3, -0.25) is 0 Å². The smallest absolute Gasteiger partial charge is 0.176 e. The number of para-hydroxylation sites is 1. The molecule has 1 heterocycles. The Kier molecular flexibility index (Phi) is 5.06. The maximum atomic E-state index is 5.98. The second-order valence-corrected chi connectivity index (χ2v) is 5.80. The van der Waals surface area contributed by atoms with Crippen LogP contribution in [0, 0.1) is 0 Å². The molecule has 0 bridgehead atoms. The molecule has 0 amide bonds. The van der Waals surface area contributed by atoms with E-state index in [1.54, 1.807) is 14.2 Å². The Bertz CT molecular complexity index is 792. The fourth-order valence-electron chi connectivity index (χ4n) is 2.76. The average molecular weight is 325 g/mol. The Labute approximate surface area is 142 Å². The molecule has 24 heavy (non-hydrogen) atoms. The summed E-state index contributed by atoms with van der Waals surface area (Å²) >= 11 is 0. The Morgan fingerprint density at radius 3 is 2.54 bits per heavy atom. The molecule has 4 heteroatoms. The molecular formula is C20H23NO3. The van der Waals surface area contributed by atoms with Gasteiger partial charge in [0, 0.05) is 5.39 Å². The molecule has 126 valence electrons. The molecular weight excluding hydrogens is 302 g/mol. The van der Waals surface area contributed by atoms with Crippen LogP contribution in [0.2, 0.25) is 0 Å². The number of fused-ring (bicyclic) bond motifs is 1. The Morgan fingerprint density at radius 2 is 1.83 bits per heavy atom. The van der Waals surface area contributed by atoms with Crippen LogP contribution < -0.4 is 14.8 Å². The first-order valence-electron chi connectivity index (χ1n) is 8.14. The van der Waals surface area contributed by atoms with Crippen molar-refractivity contribution in [3.05, 3.63) is 59.9 Å². The highest BCUT2D eigenvalue weighted by molar-refractivity contribution is 5.83. The standard InChI is InChI=1S/C20H23NO3/c1-14(21-12-11-15-7-9-17(22-2)10-8-15)19-13-16-5-4-6-18(23-3)20(16)24-19/h4-10,13-14,21H,11-12H2,1-3H3. The maximum Gasteiger partial charge on any atom is 0.176 e. The number of furan rings is 1. The summed E-state index contributed by atoms with van der Waals surface area (Å²) in [7, 11) is 3.34. The van der Waals surface area contributed by atoms with Gasteiger partial charge in [0.25, 0.3) is 0 Å². The summed E-state index contributed by atoms with van der Waals surface area (Å²) in [4.78, 5) is 0. The lowest BCUT2D eigenvalue weighted by atomic mass is 10.1. The molecule has 1 aromatic heterocycles. The number of nitrogens with one attached hydrogen (secondary N) is 1. The summed E-state index contributed by atoms with van der Waals surface area (Å²) < 4.78 is 16.5. The monoisotopic (exact) mass is 325 g/mol. The molecule has 1 unspecified atom stereocenters. The summed E-state index contributed by atoms with van der Waals surface area (Å²) in [6, 6.07) is 16.3. The minimum absolute atomic E-state index is 0.139. The zero-order valence-corrected chi connectivity index (χ0v) is 14.3. The first-order valence-corrected chi connectivity index (χ1v) is 8.14. The summed E-state index contributed by atoms with van der Waals surface area (Å²) in [5.74, 6) is 2.57. The van der Waals surface area contributed by atoms with Crippen LogP contribution in [-0.2, 0) is 6.42 Å². The molecule has 0 fully saturated rings. The van der Waals surface area contributed by atoms with E-state index in [1.165, 1.54) is 5.56 Å². The van der Waals surface area contributed by atoms with Crippen LogP contribution in [0.1, 0.15) is 24.3 Å². The molecule has 2 aromatic carbocycles. The van der Waals surface area contributed by atoms with E-state index < -0.39 is 0 Å². The molecule has 3 rings (SSSR count). The molecule has 1 atom stereocenters. The lowest BCUT2D eigenvalue weighted by Crippen LogP contribution is -2.20. The van der Waals surface area contributed by atoms with Crippen molar-refractivity contribution < 1.29 is 13.9 Å². The number of ether oxygens (including phenoxy) is 2. The second-order valence-electron chi connectivity index (χ2n) is 5.80. The molecule has 0 aliphatic heterocycles. The van der Waals surface area contributed by atoms with E-state index in [9.17, 15) is 0 Å². The molecule has 3 aromatic rings. The topological polar surface area (TPSA) is 43.6 Å². The molecule has 0 saturated heterocycles. The van der Waals surface area contributed by atoms with E-state index in [1.807, 2.05) is 30.3 Å². The Balaban J connectivity index is 1.61. The fraction of sp³-hybridized carbons (Fsp3) is 0.300. The van der Waals surface area contributed by atoms with Gasteiger partial charge < -0.3 is 19.2 Å². The van der Waals surface area contributed by atoms with Gasteiger partial charge in [-0.15, -0.1) is 0 Å². The van der Waals surface area contributed by atoms with Crippen molar-refractivity contribution in [1.82, 2.24) is 5.32 Å². The highest BCUT2D eigenvalue weighted by atomic mass is 16.5. The average Bonchev–Trinajstić information content (AvgIpc) is 3.06. The van der Waals surface area contributed by atoms with Gasteiger partial charge in [-0.05, 0) is 49.7 Å². The van der Waals surface area contributed by atoms with Crippen molar-refractivity contribution in [1.29, 1.82) is 0 Å². The second kappa shape index (κ2) is 7.41. The SMILES string of the molecule is COc1ccc(CCNC(C)c2cc3cccc(OC)c3o2)cc1. The minimum atomic E-state index is 0.139. The molecule has 4 nitrogen and oxygen atoms in total. The lowest BCUT2D eigenvalue weighted by Gasteiger charge is -2.11. The van der Waals surface area contributed by atoms with Crippen LogP contribution in [0.5, 0.6) is 11.5 Å². The number of hydrogen-bond donors (Lipinski definition) is 1. The van der Waals surface area contributed by atoms with Crippen molar-refractivity contribution in [3.8, 4) is 11.5 Å². The molecule has 0 aliphatic carbocycles. The number of hydrogen-bond acceptors (Lipinski definition) is 4. The molecule has 0 aliphatic rings. The summed E-state index contributed by atoms with van der Waals surface area (Å²) in [5, 5.41) is 4.57. The van der Waals surface area contributed by atoms with Crippen LogP contribution in [0.15, 0.2) is 52.9 Å². The highest BCUT2D eigenvalue weighted by Gasteiger charge is 2.13. The van der Waals surface area contributed by atoms with Gasteiger partial charge in [0.15, 0.2) is 11.3 Å². The Hall–Kier alpha value is -2.46. The van der Waals surface area contributed by atoms with Gasteiger partial charge in [-0.25, -0.2) is 0 Å². The first kappa shape index (κ1) is 16.4. The fourth-order valence-corrected chi connectivity index (χ4v) is 2.76. The number of rotatable bonds is 7. The van der Waals surface area contributed by atoms with Crippen molar-refractivity contribution in [2.45, 2.75) is 19.4 Å². The summed E-state index contributed by atoms with van der Waals surface area (Å²) in [6.45, 7) is 2.99. The van der Waals surface area contributed by atoms with E-state index >= 15 is 0 Å². The van der Waals surface area contributed by atoms with E-state index in [2.05, 4.69) is 30.4 Å². The van der Waals surface area contributed by atoms with Gasteiger partial charge in [0.1, 0.15) is 11.5 Å². The van der Waals surface area contributed by atoms with Gasteiger partial charge in [-0.2, -0.15) is 0 Å². The third-order valence-electron chi connectivity index (χ3n) is 4.20. The normalized spacial score (nSPS) is 12.3. The predicted molar refractivity (Wildman–Crippen MR) is 95.9 cm³/mol. The molecule has 0 saturated carbocycles. The van der Waals surface area contributed by atoms with Gasteiger partial charge >= 0.3 is 0 Å². The first-order chi connectivity index (χ1) is 11.7. The quantitative estimate of drug-likeness (QED) is 0.701. The predicted octanol–water partition coefficient (Wildman–Crippen LogP) is 4.34. The number of benzene rings is 2. The van der Waals surface area contributed by atoms with Gasteiger partial charge in [-0.1, -0.05) is 24.3 Å². The zero-order valence-electron chi connectivity index (χ0n) is 14.3. The van der Waals surface area contributed by atoms with E-state index in [0.29, 0.717) is 0 Å². The van der Waals surface area contributed by atoms with Crippen LogP contribution >= 0.6 is 0 Å². The minimum Gasteiger partial charge on any atom is -0.497 e. The molecule has 1 N–H and O–H groups in total. The lowest BCUT2D eigenvalue weighted by molar-refractivity contribution is 0.400. The third kappa shape index (κ3) is 3.54. The zero-order chi connectivity index (χ0) is 16.9. The van der Waals surface area contributed by atoms with Crippen LogP contribution in [0.4, 0.5) is 0 Å². The van der Waals surface area contributed by atoms with Gasteiger partial charge in [0.05, 0.1) is 20.3 Å². The number of methoxy groups -OCH3 is 2. The van der Waals surface area contributed by atoms with Gasteiger partial charge in [0.2, 0.25) is 0 Å². The van der Waals surface area contributed by atoms with Crippen molar-refractivity contribution in [2.75, 3.05) is 20.8 Å². The molecule has 0 radical (unpaired) electrons. The molecule has 0 spiro atoms. The van der Waals surface area contributed by atoms with Crippen LogP contribution in [0.3, 0.4) is 0 Å². The van der Waals surface area contributed by atoms with Crippen LogP contribution in [-0.4, -0.2) is 20.8 Å². The summed E-state index contributed by atoms with van der Waals surface area (Å²) in [5.41, 5.74) is 2.08. The van der Waals surface area contributed by atoms with E-state index in [-0.39, 0.29) is 6.04 Å². The highest BCUT2D eigenvalue weighted by Crippen LogP contribution is 2.30.